The lowest BCUT2D eigenvalue weighted by Crippen LogP contribution is -2.43. The standard InChI is InChI=1S/C21H20N2O5/c1-21(19-22-16-10-5-9-15(18(24)25)17(16)28-19)11-6-12-23(21)20(26)27-13-14-7-3-2-4-8-14/h2-5,7-10H,6,11-13H2,1H3,(H,24,25). The molecule has 1 amide bonds. The fraction of sp³-hybridized carbons (Fsp3) is 0.286. The minimum Gasteiger partial charge on any atom is -0.478 e. The van der Waals surface area contributed by atoms with E-state index in [2.05, 4.69) is 4.98 Å². The number of nitrogens with zero attached hydrogens (tertiary/aromatic N) is 2. The number of para-hydroxylation sites is 1. The molecule has 28 heavy (non-hydrogen) atoms. The number of carbonyl (C=O) groups excluding carboxylic acids is 1. The highest BCUT2D eigenvalue weighted by Gasteiger charge is 2.46. The van der Waals surface area contributed by atoms with Crippen LogP contribution in [0, 0.1) is 0 Å². The summed E-state index contributed by atoms with van der Waals surface area (Å²) in [7, 11) is 0. The zero-order valence-corrected chi connectivity index (χ0v) is 15.4. The van der Waals surface area contributed by atoms with Gasteiger partial charge in [0.1, 0.15) is 23.2 Å². The zero-order valence-electron chi connectivity index (χ0n) is 15.4. The summed E-state index contributed by atoms with van der Waals surface area (Å²) in [4.78, 5) is 30.3. The number of carboxylic acid groups (broad SMARTS) is 1. The maximum absolute atomic E-state index is 12.7. The van der Waals surface area contributed by atoms with E-state index in [1.165, 1.54) is 6.07 Å². The maximum Gasteiger partial charge on any atom is 0.410 e. The van der Waals surface area contributed by atoms with E-state index in [1.807, 2.05) is 37.3 Å². The van der Waals surface area contributed by atoms with Crippen molar-refractivity contribution in [1.82, 2.24) is 9.88 Å². The number of likely N-dealkylation sites (tertiary alicyclic amines) is 1. The summed E-state index contributed by atoms with van der Waals surface area (Å²) in [5.74, 6) is -0.755. The molecule has 1 atom stereocenters. The van der Waals surface area contributed by atoms with Crippen LogP contribution in [-0.4, -0.2) is 33.6 Å². The first-order valence-electron chi connectivity index (χ1n) is 9.11. The van der Waals surface area contributed by atoms with Gasteiger partial charge in [-0.3, -0.25) is 4.90 Å². The van der Waals surface area contributed by atoms with Crippen LogP contribution < -0.4 is 0 Å². The van der Waals surface area contributed by atoms with Crippen molar-refractivity contribution in [2.24, 2.45) is 0 Å². The van der Waals surface area contributed by atoms with Crippen LogP contribution in [0.3, 0.4) is 0 Å². The number of oxazole rings is 1. The van der Waals surface area contributed by atoms with Crippen molar-refractivity contribution in [3.63, 3.8) is 0 Å². The molecule has 4 rings (SSSR count). The molecule has 144 valence electrons. The Morgan fingerprint density at radius 3 is 2.75 bits per heavy atom. The van der Waals surface area contributed by atoms with E-state index in [4.69, 9.17) is 9.15 Å². The molecule has 1 fully saturated rings. The SMILES string of the molecule is CC1(c2nc3cccc(C(=O)O)c3o2)CCCN1C(=O)OCc1ccccc1. The molecule has 3 aromatic rings. The second kappa shape index (κ2) is 6.99. The minimum atomic E-state index is -1.08. The number of amides is 1. The third kappa shape index (κ3) is 3.09. The normalized spacial score (nSPS) is 19.1. The van der Waals surface area contributed by atoms with E-state index in [1.54, 1.807) is 17.0 Å². The van der Waals surface area contributed by atoms with Crippen molar-refractivity contribution in [3.8, 4) is 0 Å². The van der Waals surface area contributed by atoms with Crippen LogP contribution in [0.15, 0.2) is 52.9 Å². The third-order valence-corrected chi connectivity index (χ3v) is 5.17. The molecule has 7 heteroatoms. The van der Waals surface area contributed by atoms with Crippen molar-refractivity contribution >= 4 is 23.2 Å². The second-order valence-corrected chi connectivity index (χ2v) is 7.05. The van der Waals surface area contributed by atoms with Crippen molar-refractivity contribution in [2.75, 3.05) is 6.54 Å². The molecular formula is C21H20N2O5. The van der Waals surface area contributed by atoms with Gasteiger partial charge in [0.15, 0.2) is 5.58 Å². The van der Waals surface area contributed by atoms with Gasteiger partial charge >= 0.3 is 12.1 Å². The van der Waals surface area contributed by atoms with Crippen molar-refractivity contribution in [3.05, 3.63) is 65.5 Å². The van der Waals surface area contributed by atoms with Crippen molar-refractivity contribution < 1.29 is 23.8 Å². The fourth-order valence-electron chi connectivity index (χ4n) is 3.62. The molecule has 0 aliphatic carbocycles. The summed E-state index contributed by atoms with van der Waals surface area (Å²) in [6, 6.07) is 14.3. The lowest BCUT2D eigenvalue weighted by Gasteiger charge is -2.31. The van der Waals surface area contributed by atoms with E-state index in [9.17, 15) is 14.7 Å². The number of rotatable bonds is 4. The minimum absolute atomic E-state index is 0.0519. The van der Waals surface area contributed by atoms with Gasteiger partial charge < -0.3 is 14.3 Å². The topological polar surface area (TPSA) is 92.9 Å². The van der Waals surface area contributed by atoms with Gasteiger partial charge in [-0.2, -0.15) is 0 Å². The quantitative estimate of drug-likeness (QED) is 0.730. The van der Waals surface area contributed by atoms with Crippen LogP contribution in [0.25, 0.3) is 11.1 Å². The average molecular weight is 380 g/mol. The summed E-state index contributed by atoms with van der Waals surface area (Å²) in [6.07, 6.45) is 0.994. The second-order valence-electron chi connectivity index (χ2n) is 7.05. The van der Waals surface area contributed by atoms with Gasteiger partial charge in [-0.1, -0.05) is 36.4 Å². The summed E-state index contributed by atoms with van der Waals surface area (Å²) in [5.41, 5.74) is 0.847. The van der Waals surface area contributed by atoms with Crippen LogP contribution in [-0.2, 0) is 16.9 Å². The molecular weight excluding hydrogens is 360 g/mol. The highest BCUT2D eigenvalue weighted by Crippen LogP contribution is 2.40. The van der Waals surface area contributed by atoms with E-state index >= 15 is 0 Å². The molecule has 2 heterocycles. The van der Waals surface area contributed by atoms with E-state index in [0.717, 1.165) is 12.0 Å². The summed E-state index contributed by atoms with van der Waals surface area (Å²) >= 11 is 0. The maximum atomic E-state index is 12.7. The molecule has 0 bridgehead atoms. The van der Waals surface area contributed by atoms with E-state index in [0.29, 0.717) is 24.4 Å². The van der Waals surface area contributed by atoms with Crippen molar-refractivity contribution in [2.45, 2.75) is 31.9 Å². The Balaban J connectivity index is 1.61. The van der Waals surface area contributed by atoms with Crippen LogP contribution in [0.5, 0.6) is 0 Å². The number of benzene rings is 2. The molecule has 0 saturated carbocycles. The highest BCUT2D eigenvalue weighted by atomic mass is 16.6. The molecule has 1 aliphatic rings. The molecule has 7 nitrogen and oxygen atoms in total. The Bertz CT molecular complexity index is 1030. The number of fused-ring (bicyclic) bond motifs is 1. The lowest BCUT2D eigenvalue weighted by molar-refractivity contribution is 0.0601. The van der Waals surface area contributed by atoms with E-state index in [-0.39, 0.29) is 17.8 Å². The Kier molecular flexibility index (Phi) is 4.50. The molecule has 1 N–H and O–H groups in total. The molecule has 0 spiro atoms. The van der Waals surface area contributed by atoms with Gasteiger partial charge in [-0.25, -0.2) is 14.6 Å². The Labute approximate surface area is 161 Å². The number of aromatic carboxylic acids is 1. The van der Waals surface area contributed by atoms with Gasteiger partial charge in [-0.05, 0) is 37.5 Å². The molecule has 1 aromatic heterocycles. The first-order chi connectivity index (χ1) is 13.5. The zero-order chi connectivity index (χ0) is 19.7. The predicted octanol–water partition coefficient (Wildman–Crippen LogP) is 4.17. The Morgan fingerprint density at radius 1 is 1.21 bits per heavy atom. The number of aromatic nitrogens is 1. The predicted molar refractivity (Wildman–Crippen MR) is 101 cm³/mol. The Morgan fingerprint density at radius 2 is 2.00 bits per heavy atom. The monoisotopic (exact) mass is 380 g/mol. The average Bonchev–Trinajstić information content (AvgIpc) is 3.31. The molecule has 0 radical (unpaired) electrons. The van der Waals surface area contributed by atoms with Crippen molar-refractivity contribution in [1.29, 1.82) is 0 Å². The molecule has 1 saturated heterocycles. The van der Waals surface area contributed by atoms with Gasteiger partial charge in [0.05, 0.1) is 0 Å². The van der Waals surface area contributed by atoms with Crippen LogP contribution in [0.1, 0.15) is 41.6 Å². The lowest BCUT2D eigenvalue weighted by atomic mass is 9.99. The largest absolute Gasteiger partial charge is 0.478 e. The molecule has 1 unspecified atom stereocenters. The number of hydrogen-bond donors (Lipinski definition) is 1. The number of hydrogen-bond acceptors (Lipinski definition) is 5. The van der Waals surface area contributed by atoms with E-state index < -0.39 is 17.6 Å². The fourth-order valence-corrected chi connectivity index (χ4v) is 3.62. The first-order valence-corrected chi connectivity index (χ1v) is 9.11. The van der Waals surface area contributed by atoms with Crippen LogP contribution in [0.4, 0.5) is 4.79 Å². The first kappa shape index (κ1) is 18.0. The Hall–Kier alpha value is -3.35. The van der Waals surface area contributed by atoms with Gasteiger partial charge in [0.2, 0.25) is 5.89 Å². The van der Waals surface area contributed by atoms with Gasteiger partial charge in [-0.15, -0.1) is 0 Å². The molecule has 1 aliphatic heterocycles. The third-order valence-electron chi connectivity index (χ3n) is 5.17. The smallest absolute Gasteiger partial charge is 0.410 e. The van der Waals surface area contributed by atoms with Gasteiger partial charge in [0.25, 0.3) is 0 Å². The highest BCUT2D eigenvalue weighted by molar-refractivity contribution is 5.99. The van der Waals surface area contributed by atoms with Crippen LogP contribution in [0.2, 0.25) is 0 Å². The summed E-state index contributed by atoms with van der Waals surface area (Å²) in [6.45, 7) is 2.58. The number of ether oxygens (including phenoxy) is 1. The molecule has 2 aromatic carbocycles. The number of carbonyl (C=O) groups is 2. The van der Waals surface area contributed by atoms with Gasteiger partial charge in [0, 0.05) is 6.54 Å². The summed E-state index contributed by atoms with van der Waals surface area (Å²) in [5, 5.41) is 9.37. The summed E-state index contributed by atoms with van der Waals surface area (Å²) < 4.78 is 11.3. The number of carboxylic acids is 1. The van der Waals surface area contributed by atoms with Crippen LogP contribution >= 0.6 is 0 Å².